The van der Waals surface area contributed by atoms with Gasteiger partial charge in [-0.15, -0.1) is 13.2 Å². The molecule has 0 aromatic heterocycles. The van der Waals surface area contributed by atoms with Gasteiger partial charge in [0.1, 0.15) is 11.5 Å². The van der Waals surface area contributed by atoms with Gasteiger partial charge in [-0.3, -0.25) is 4.79 Å². The number of esters is 1. The zero-order chi connectivity index (χ0) is 17.6. The Kier molecular flexibility index (Phi) is 7.32. The highest BCUT2D eigenvalue weighted by atomic mass is 127. The lowest BCUT2D eigenvalue weighted by atomic mass is 10.1. The second-order valence-corrected chi connectivity index (χ2v) is 5.25. The molecule has 0 amide bonds. The minimum absolute atomic E-state index is 0.0132. The molecule has 0 fully saturated rings. The van der Waals surface area contributed by atoms with Crippen molar-refractivity contribution in [2.24, 2.45) is 0 Å². The number of hydrogen-bond acceptors (Lipinski definition) is 5. The van der Waals surface area contributed by atoms with E-state index in [1.807, 2.05) is 0 Å². The number of ether oxygens (including phenoxy) is 2. The summed E-state index contributed by atoms with van der Waals surface area (Å²) in [5, 5.41) is 0. The number of benzene rings is 1. The van der Waals surface area contributed by atoms with Crippen LogP contribution in [0, 0.1) is 0 Å². The van der Waals surface area contributed by atoms with Gasteiger partial charge in [-0.05, 0) is 25.1 Å². The molecule has 126 valence electrons. The van der Waals surface area contributed by atoms with Crippen molar-refractivity contribution < 1.29 is 35.3 Å². The zero-order valence-electron chi connectivity index (χ0n) is 11.4. The number of carbonyl (C=O) groups is 2. The summed E-state index contributed by atoms with van der Waals surface area (Å²) in [6, 6.07) is 3.50. The molecular formula is C13H9BrF3IO5. The first-order valence-electron chi connectivity index (χ1n) is 5.94. The van der Waals surface area contributed by atoms with Crippen molar-refractivity contribution >= 4 is 56.4 Å². The molecule has 0 saturated carbocycles. The molecule has 0 aliphatic heterocycles. The van der Waals surface area contributed by atoms with Gasteiger partial charge in [0.25, 0.3) is 5.78 Å². The van der Waals surface area contributed by atoms with Gasteiger partial charge < -0.3 is 12.5 Å². The first kappa shape index (κ1) is 19.7. The molecule has 10 heteroatoms. The van der Waals surface area contributed by atoms with Crippen LogP contribution in [0.5, 0.6) is 5.75 Å². The lowest BCUT2D eigenvalue weighted by Gasteiger charge is -2.11. The first-order chi connectivity index (χ1) is 10.7. The molecule has 5 nitrogen and oxygen atoms in total. The van der Waals surface area contributed by atoms with Gasteiger partial charge in [0.15, 0.2) is 23.0 Å². The van der Waals surface area contributed by atoms with E-state index in [4.69, 9.17) is 3.07 Å². The Hall–Kier alpha value is -1.30. The molecule has 1 rings (SSSR count). The van der Waals surface area contributed by atoms with Crippen molar-refractivity contribution in [2.45, 2.75) is 13.3 Å². The molecule has 0 N–H and O–H groups in total. The van der Waals surface area contributed by atoms with Crippen molar-refractivity contribution in [2.75, 3.05) is 6.61 Å². The number of rotatable bonds is 6. The van der Waals surface area contributed by atoms with Gasteiger partial charge in [-0.25, -0.2) is 4.79 Å². The second kappa shape index (κ2) is 8.52. The van der Waals surface area contributed by atoms with Gasteiger partial charge in [-0.2, -0.15) is 0 Å². The lowest BCUT2D eigenvalue weighted by molar-refractivity contribution is -0.274. The standard InChI is InChI=1S/C13H9BrF3IO5/c1-2-21-12(20)10(19)6-11(23-18)7-3-8(14)5-9(4-7)22-13(15,16)17/h3-6H,2H2,1H3/b11-6-. The van der Waals surface area contributed by atoms with Crippen LogP contribution < -0.4 is 4.74 Å². The van der Waals surface area contributed by atoms with E-state index in [1.54, 1.807) is 0 Å². The topological polar surface area (TPSA) is 61.8 Å². The van der Waals surface area contributed by atoms with Gasteiger partial charge >= 0.3 is 12.3 Å². The van der Waals surface area contributed by atoms with E-state index in [9.17, 15) is 22.8 Å². The largest absolute Gasteiger partial charge is 0.573 e. The van der Waals surface area contributed by atoms with Crippen molar-refractivity contribution in [3.8, 4) is 5.75 Å². The highest BCUT2D eigenvalue weighted by Crippen LogP contribution is 2.31. The number of ketones is 1. The van der Waals surface area contributed by atoms with Crippen LogP contribution >= 0.6 is 38.9 Å². The molecule has 0 saturated heterocycles. The summed E-state index contributed by atoms with van der Waals surface area (Å²) in [5.74, 6) is -2.74. The Morgan fingerprint density at radius 3 is 2.48 bits per heavy atom. The molecule has 0 bridgehead atoms. The molecule has 0 atom stereocenters. The van der Waals surface area contributed by atoms with E-state index in [2.05, 4.69) is 25.4 Å². The van der Waals surface area contributed by atoms with E-state index < -0.39 is 23.9 Å². The molecule has 0 aliphatic rings. The fourth-order valence-electron chi connectivity index (χ4n) is 1.43. The predicted molar refractivity (Wildman–Crippen MR) is 85.5 cm³/mol. The molecule has 0 spiro atoms. The van der Waals surface area contributed by atoms with E-state index >= 15 is 0 Å². The summed E-state index contributed by atoms with van der Waals surface area (Å²) in [4.78, 5) is 22.9. The molecule has 0 heterocycles. The van der Waals surface area contributed by atoms with Gasteiger partial charge in [0.05, 0.1) is 6.61 Å². The Morgan fingerprint density at radius 1 is 1.30 bits per heavy atom. The summed E-state index contributed by atoms with van der Waals surface area (Å²) in [5.41, 5.74) is 0.102. The second-order valence-electron chi connectivity index (χ2n) is 3.89. The molecule has 0 radical (unpaired) electrons. The average Bonchev–Trinajstić information content (AvgIpc) is 2.42. The fourth-order valence-corrected chi connectivity index (χ4v) is 2.28. The van der Waals surface area contributed by atoms with E-state index in [0.29, 0.717) is 0 Å². The zero-order valence-corrected chi connectivity index (χ0v) is 15.2. The Bertz CT molecular complexity index is 631. The van der Waals surface area contributed by atoms with Crippen LogP contribution in [-0.2, 0) is 17.4 Å². The van der Waals surface area contributed by atoms with Gasteiger partial charge in [0.2, 0.25) is 0 Å². The highest BCUT2D eigenvalue weighted by molar-refractivity contribution is 14.1. The average molecular weight is 509 g/mol. The highest BCUT2D eigenvalue weighted by Gasteiger charge is 2.31. The quantitative estimate of drug-likeness (QED) is 0.190. The normalized spacial score (nSPS) is 11.8. The first-order valence-corrected chi connectivity index (χ1v) is 7.61. The van der Waals surface area contributed by atoms with E-state index in [-0.39, 0.29) is 22.4 Å². The summed E-state index contributed by atoms with van der Waals surface area (Å²) in [6.07, 6.45) is -4.04. The fraction of sp³-hybridized carbons (Fsp3) is 0.231. The summed E-state index contributed by atoms with van der Waals surface area (Å²) < 4.78 is 50.4. The maximum Gasteiger partial charge on any atom is 0.573 e. The van der Waals surface area contributed by atoms with Crippen molar-refractivity contribution in [3.05, 3.63) is 34.3 Å². The van der Waals surface area contributed by atoms with Crippen LogP contribution in [0.15, 0.2) is 28.7 Å². The maximum absolute atomic E-state index is 12.3. The minimum Gasteiger partial charge on any atom is -0.460 e. The molecule has 0 aliphatic carbocycles. The lowest BCUT2D eigenvalue weighted by Crippen LogP contribution is -2.17. The van der Waals surface area contributed by atoms with E-state index in [1.165, 1.54) is 36.0 Å². The minimum atomic E-state index is -4.87. The summed E-state index contributed by atoms with van der Waals surface area (Å²) >= 11 is 4.46. The number of hydrogen-bond donors (Lipinski definition) is 0. The molecular weight excluding hydrogens is 500 g/mol. The Balaban J connectivity index is 3.15. The predicted octanol–water partition coefficient (Wildman–Crippen LogP) is 4.19. The van der Waals surface area contributed by atoms with Crippen LogP contribution in [0.3, 0.4) is 0 Å². The molecule has 1 aromatic rings. The molecule has 1 aromatic carbocycles. The molecule has 0 unspecified atom stereocenters. The number of halogens is 5. The number of carbonyl (C=O) groups excluding carboxylic acids is 2. The van der Waals surface area contributed by atoms with Crippen LogP contribution in [0.25, 0.3) is 5.76 Å². The number of alkyl halides is 3. The maximum atomic E-state index is 12.3. The van der Waals surface area contributed by atoms with Crippen molar-refractivity contribution in [1.29, 1.82) is 0 Å². The third-order valence-corrected chi connectivity index (χ3v) is 3.14. The third kappa shape index (κ3) is 6.77. The van der Waals surface area contributed by atoms with Crippen LogP contribution in [0.2, 0.25) is 0 Å². The Morgan fingerprint density at radius 2 is 1.96 bits per heavy atom. The van der Waals surface area contributed by atoms with Crippen LogP contribution in [-0.4, -0.2) is 24.7 Å². The van der Waals surface area contributed by atoms with Crippen molar-refractivity contribution in [3.63, 3.8) is 0 Å². The Labute approximate surface area is 151 Å². The summed E-state index contributed by atoms with van der Waals surface area (Å²) in [7, 11) is 0. The monoisotopic (exact) mass is 508 g/mol. The van der Waals surface area contributed by atoms with Crippen LogP contribution in [0.4, 0.5) is 13.2 Å². The van der Waals surface area contributed by atoms with Crippen LogP contribution in [0.1, 0.15) is 12.5 Å². The molecule has 23 heavy (non-hydrogen) atoms. The summed E-state index contributed by atoms with van der Waals surface area (Å²) in [6.45, 7) is 1.54. The van der Waals surface area contributed by atoms with E-state index in [0.717, 1.165) is 18.2 Å². The van der Waals surface area contributed by atoms with Gasteiger partial charge in [-0.1, -0.05) is 15.9 Å². The van der Waals surface area contributed by atoms with Gasteiger partial charge in [0, 0.05) is 16.1 Å². The smallest absolute Gasteiger partial charge is 0.460 e. The SMILES string of the molecule is CCOC(=O)C(=O)/C=C(\OI)c1cc(Br)cc(OC(F)(F)F)c1. The third-order valence-electron chi connectivity index (χ3n) is 2.21. The van der Waals surface area contributed by atoms with Crippen molar-refractivity contribution in [1.82, 2.24) is 0 Å².